The van der Waals surface area contributed by atoms with Gasteiger partial charge in [-0.05, 0) is 43.5 Å². The number of ether oxygens (including phenoxy) is 1. The van der Waals surface area contributed by atoms with E-state index in [0.717, 1.165) is 27.1 Å². The number of hydrogen-bond acceptors (Lipinski definition) is 4. The molecule has 2 aromatic carbocycles. The van der Waals surface area contributed by atoms with E-state index < -0.39 is 12.0 Å². The Kier molecular flexibility index (Phi) is 6.09. The number of rotatable bonds is 5. The zero-order valence-corrected chi connectivity index (χ0v) is 17.3. The van der Waals surface area contributed by atoms with E-state index >= 15 is 0 Å². The molecule has 2 amide bonds. The fourth-order valence-corrected chi connectivity index (χ4v) is 4.25. The molecule has 3 rings (SSSR count). The van der Waals surface area contributed by atoms with Crippen LogP contribution < -0.4 is 10.6 Å². The van der Waals surface area contributed by atoms with E-state index in [1.165, 1.54) is 7.11 Å². The van der Waals surface area contributed by atoms with Gasteiger partial charge in [-0.15, -0.1) is 11.8 Å². The zero-order chi connectivity index (χ0) is 20.3. The number of urea groups is 1. The van der Waals surface area contributed by atoms with Gasteiger partial charge in [0, 0.05) is 16.3 Å². The number of methoxy groups -OCH3 is 1. The molecule has 2 aromatic rings. The van der Waals surface area contributed by atoms with Gasteiger partial charge in [-0.3, -0.25) is 0 Å². The lowest BCUT2D eigenvalue weighted by atomic mass is 9.91. The number of benzene rings is 2. The van der Waals surface area contributed by atoms with E-state index in [1.807, 2.05) is 63.2 Å². The first-order chi connectivity index (χ1) is 13.4. The van der Waals surface area contributed by atoms with Crippen LogP contribution in [0.4, 0.5) is 4.79 Å². The summed E-state index contributed by atoms with van der Waals surface area (Å²) in [5, 5.41) is 5.70. The zero-order valence-electron chi connectivity index (χ0n) is 16.5. The largest absolute Gasteiger partial charge is 0.466 e. The van der Waals surface area contributed by atoms with Crippen molar-refractivity contribution in [1.29, 1.82) is 0 Å². The molecule has 28 heavy (non-hydrogen) atoms. The number of carbonyl (C=O) groups is 2. The van der Waals surface area contributed by atoms with E-state index in [2.05, 4.69) is 10.6 Å². The van der Waals surface area contributed by atoms with Gasteiger partial charge in [-0.2, -0.15) is 0 Å². The molecular weight excluding hydrogens is 372 g/mol. The first-order valence-electron chi connectivity index (χ1n) is 9.05. The van der Waals surface area contributed by atoms with E-state index in [9.17, 15) is 9.59 Å². The molecule has 0 saturated carbocycles. The highest BCUT2D eigenvalue weighted by Crippen LogP contribution is 2.33. The molecule has 1 aliphatic heterocycles. The quantitative estimate of drug-likeness (QED) is 0.588. The summed E-state index contributed by atoms with van der Waals surface area (Å²) in [7, 11) is 1.36. The van der Waals surface area contributed by atoms with Crippen molar-refractivity contribution in [2.24, 2.45) is 0 Å². The third-order valence-corrected chi connectivity index (χ3v) is 5.97. The Morgan fingerprint density at radius 3 is 2.57 bits per heavy atom. The maximum Gasteiger partial charge on any atom is 0.338 e. The Hall–Kier alpha value is -2.73. The lowest BCUT2D eigenvalue weighted by molar-refractivity contribution is -0.136. The van der Waals surface area contributed by atoms with Crippen LogP contribution in [0.15, 0.2) is 58.6 Å². The average molecular weight is 397 g/mol. The summed E-state index contributed by atoms with van der Waals surface area (Å²) in [4.78, 5) is 26.1. The number of thioether (sulfide) groups is 1. The second kappa shape index (κ2) is 8.52. The SMILES string of the molecule is COC(=O)C1=C(CSc2ccccc2C)NC(=O)NC1c1cc(C)ccc1C. The van der Waals surface area contributed by atoms with Crippen molar-refractivity contribution < 1.29 is 14.3 Å². The Morgan fingerprint density at radius 2 is 1.86 bits per heavy atom. The summed E-state index contributed by atoms with van der Waals surface area (Å²) in [6, 6.07) is 13.2. The summed E-state index contributed by atoms with van der Waals surface area (Å²) < 4.78 is 5.06. The van der Waals surface area contributed by atoms with Crippen LogP contribution in [-0.4, -0.2) is 24.9 Å². The van der Waals surface area contributed by atoms with Gasteiger partial charge in [0.1, 0.15) is 0 Å². The van der Waals surface area contributed by atoms with Crippen LogP contribution in [0, 0.1) is 20.8 Å². The Bertz CT molecular complexity index is 953. The Balaban J connectivity index is 2.03. The minimum absolute atomic E-state index is 0.320. The molecule has 0 radical (unpaired) electrons. The monoisotopic (exact) mass is 396 g/mol. The number of esters is 1. The summed E-state index contributed by atoms with van der Waals surface area (Å²) in [5.41, 5.74) is 5.14. The maximum absolute atomic E-state index is 12.7. The normalized spacial score (nSPS) is 16.4. The van der Waals surface area contributed by atoms with Gasteiger partial charge < -0.3 is 15.4 Å². The predicted octanol–water partition coefficient (Wildman–Crippen LogP) is 4.19. The van der Waals surface area contributed by atoms with Crippen molar-refractivity contribution in [2.45, 2.75) is 31.7 Å². The molecule has 0 saturated heterocycles. The van der Waals surface area contributed by atoms with Crippen molar-refractivity contribution in [3.63, 3.8) is 0 Å². The molecule has 146 valence electrons. The minimum Gasteiger partial charge on any atom is -0.466 e. The smallest absolute Gasteiger partial charge is 0.338 e. The highest BCUT2D eigenvalue weighted by atomic mass is 32.2. The number of amides is 2. The summed E-state index contributed by atoms with van der Waals surface area (Å²) >= 11 is 1.58. The van der Waals surface area contributed by atoms with Gasteiger partial charge in [0.05, 0.1) is 18.7 Å². The van der Waals surface area contributed by atoms with Gasteiger partial charge in [-0.1, -0.05) is 42.0 Å². The van der Waals surface area contributed by atoms with Crippen molar-refractivity contribution in [3.8, 4) is 0 Å². The van der Waals surface area contributed by atoms with Crippen LogP contribution >= 0.6 is 11.8 Å². The topological polar surface area (TPSA) is 67.4 Å². The van der Waals surface area contributed by atoms with Gasteiger partial charge in [0.2, 0.25) is 0 Å². The molecule has 1 unspecified atom stereocenters. The molecule has 6 heteroatoms. The molecule has 0 aromatic heterocycles. The van der Waals surface area contributed by atoms with E-state index in [0.29, 0.717) is 17.0 Å². The lowest BCUT2D eigenvalue weighted by Crippen LogP contribution is -2.46. The highest BCUT2D eigenvalue weighted by molar-refractivity contribution is 7.99. The van der Waals surface area contributed by atoms with Crippen LogP contribution in [0.1, 0.15) is 28.3 Å². The van der Waals surface area contributed by atoms with Crippen LogP contribution in [0.25, 0.3) is 0 Å². The molecule has 0 spiro atoms. The second-order valence-electron chi connectivity index (χ2n) is 6.83. The van der Waals surface area contributed by atoms with Crippen molar-refractivity contribution in [1.82, 2.24) is 10.6 Å². The number of carbonyl (C=O) groups excluding carboxylic acids is 2. The molecule has 5 nitrogen and oxygen atoms in total. The van der Waals surface area contributed by atoms with Gasteiger partial charge in [-0.25, -0.2) is 9.59 Å². The molecule has 1 aliphatic rings. The maximum atomic E-state index is 12.7. The fourth-order valence-electron chi connectivity index (χ4n) is 3.26. The van der Waals surface area contributed by atoms with Crippen molar-refractivity contribution in [2.75, 3.05) is 12.9 Å². The van der Waals surface area contributed by atoms with Crippen molar-refractivity contribution >= 4 is 23.8 Å². The van der Waals surface area contributed by atoms with E-state index in [-0.39, 0.29) is 6.03 Å². The third-order valence-electron chi connectivity index (χ3n) is 4.77. The van der Waals surface area contributed by atoms with Gasteiger partial charge in [0.25, 0.3) is 0 Å². The lowest BCUT2D eigenvalue weighted by Gasteiger charge is -2.30. The first-order valence-corrected chi connectivity index (χ1v) is 10.0. The fraction of sp³-hybridized carbons (Fsp3) is 0.273. The number of aryl methyl sites for hydroxylation is 3. The summed E-state index contributed by atoms with van der Waals surface area (Å²) in [5.74, 6) is 0.0168. The second-order valence-corrected chi connectivity index (χ2v) is 7.85. The standard InChI is InChI=1S/C22H24N2O3S/c1-13-9-10-14(2)16(11-13)20-19(21(25)27-4)17(23-22(26)24-20)12-28-18-8-6-5-7-15(18)3/h5-11,20H,12H2,1-4H3,(H2,23,24,26). The van der Waals surface area contributed by atoms with Crippen LogP contribution in [-0.2, 0) is 9.53 Å². The number of hydrogen-bond donors (Lipinski definition) is 2. The Morgan fingerprint density at radius 1 is 1.11 bits per heavy atom. The molecule has 1 atom stereocenters. The highest BCUT2D eigenvalue weighted by Gasteiger charge is 2.34. The molecule has 2 N–H and O–H groups in total. The van der Waals surface area contributed by atoms with Crippen LogP contribution in [0.2, 0.25) is 0 Å². The number of nitrogens with one attached hydrogen (secondary N) is 2. The average Bonchev–Trinajstić information content (AvgIpc) is 2.68. The molecular formula is C22H24N2O3S. The summed E-state index contributed by atoms with van der Waals surface area (Å²) in [6.45, 7) is 6.00. The molecule has 1 heterocycles. The molecule has 0 fully saturated rings. The van der Waals surface area contributed by atoms with Crippen LogP contribution in [0.3, 0.4) is 0 Å². The molecule has 0 bridgehead atoms. The van der Waals surface area contributed by atoms with E-state index in [1.54, 1.807) is 11.8 Å². The third kappa shape index (κ3) is 4.22. The minimum atomic E-state index is -0.548. The first kappa shape index (κ1) is 20.0. The van der Waals surface area contributed by atoms with Gasteiger partial charge in [0.15, 0.2) is 0 Å². The van der Waals surface area contributed by atoms with Crippen LogP contribution in [0.5, 0.6) is 0 Å². The van der Waals surface area contributed by atoms with E-state index in [4.69, 9.17) is 4.74 Å². The molecule has 0 aliphatic carbocycles. The predicted molar refractivity (Wildman–Crippen MR) is 111 cm³/mol. The van der Waals surface area contributed by atoms with Crippen molar-refractivity contribution in [3.05, 3.63) is 76.0 Å². The summed E-state index contributed by atoms with van der Waals surface area (Å²) in [6.07, 6.45) is 0. The Labute approximate surface area is 169 Å². The van der Waals surface area contributed by atoms with Gasteiger partial charge >= 0.3 is 12.0 Å².